The molecule has 0 amide bonds. The average molecular weight is 417 g/mol. The van der Waals surface area contributed by atoms with E-state index in [1.807, 2.05) is 42.5 Å². The summed E-state index contributed by atoms with van der Waals surface area (Å²) in [4.78, 5) is 2.34. The van der Waals surface area contributed by atoms with E-state index in [2.05, 4.69) is 11.0 Å². The van der Waals surface area contributed by atoms with Gasteiger partial charge < -0.3 is 9.47 Å². The second-order valence-corrected chi connectivity index (χ2v) is 10.0. The van der Waals surface area contributed by atoms with Crippen LogP contribution in [0.3, 0.4) is 0 Å². The lowest BCUT2D eigenvalue weighted by atomic mass is 9.92. The van der Waals surface area contributed by atoms with Crippen molar-refractivity contribution in [2.75, 3.05) is 33.0 Å². The number of hydrogen-bond acceptors (Lipinski definition) is 5. The Hall–Kier alpha value is -2.09. The molecule has 2 heterocycles. The van der Waals surface area contributed by atoms with E-state index in [9.17, 15) is 8.42 Å². The Bertz CT molecular complexity index is 978. The number of hydrogen-bond donors (Lipinski definition) is 0. The van der Waals surface area contributed by atoms with E-state index in [1.165, 1.54) is 6.26 Å². The first-order chi connectivity index (χ1) is 13.9. The number of rotatable bonds is 4. The van der Waals surface area contributed by atoms with Crippen LogP contribution in [-0.2, 0) is 23.1 Å². The molecule has 2 aliphatic rings. The molecule has 0 bridgehead atoms. The van der Waals surface area contributed by atoms with E-state index < -0.39 is 15.6 Å². The molecule has 0 unspecified atom stereocenters. The Morgan fingerprint density at radius 3 is 2.66 bits per heavy atom. The van der Waals surface area contributed by atoms with E-state index >= 15 is 0 Å². The van der Waals surface area contributed by atoms with E-state index in [1.54, 1.807) is 11.4 Å². The van der Waals surface area contributed by atoms with Gasteiger partial charge in [-0.05, 0) is 31.5 Å². The lowest BCUT2D eigenvalue weighted by Gasteiger charge is -2.43. The van der Waals surface area contributed by atoms with Crippen molar-refractivity contribution in [2.24, 2.45) is 0 Å². The lowest BCUT2D eigenvalue weighted by Crippen LogP contribution is -2.57. The Balaban J connectivity index is 1.63. The molecular formula is C22H28N2O4S. The van der Waals surface area contributed by atoms with E-state index in [-0.39, 0.29) is 0 Å². The van der Waals surface area contributed by atoms with E-state index in [0.717, 1.165) is 48.6 Å². The number of benzene rings is 2. The maximum atomic E-state index is 12.5. The largest absolute Gasteiger partial charge is 0.496 e. The number of likely N-dealkylation sites (tertiary alicyclic amines) is 1. The monoisotopic (exact) mass is 416 g/mol. The summed E-state index contributed by atoms with van der Waals surface area (Å²) in [7, 11) is -1.65. The highest BCUT2D eigenvalue weighted by molar-refractivity contribution is 7.88. The van der Waals surface area contributed by atoms with Gasteiger partial charge in [0.15, 0.2) is 0 Å². The number of piperidine rings is 1. The standard InChI is InChI=1S/C22H28N2O4S/c1-27-20-10-5-3-8-18(20)14-23-13-7-12-22(16-23)17-24(29(2,25)26)15-19-9-4-6-11-21(19)28-22/h3-6,8-11H,7,12-17H2,1-2H3/t22-/m1/s1. The fourth-order valence-electron chi connectivity index (χ4n) is 4.41. The third-order valence-electron chi connectivity index (χ3n) is 5.78. The topological polar surface area (TPSA) is 59.1 Å². The highest BCUT2D eigenvalue weighted by atomic mass is 32.2. The minimum Gasteiger partial charge on any atom is -0.496 e. The minimum absolute atomic E-state index is 0.350. The van der Waals surface area contributed by atoms with Crippen LogP contribution in [0.1, 0.15) is 24.0 Å². The van der Waals surface area contributed by atoms with Crippen LogP contribution in [0.5, 0.6) is 11.5 Å². The van der Waals surface area contributed by atoms with Gasteiger partial charge >= 0.3 is 0 Å². The molecule has 2 aromatic carbocycles. The molecular weight excluding hydrogens is 388 g/mol. The van der Waals surface area contributed by atoms with Crippen LogP contribution < -0.4 is 9.47 Å². The van der Waals surface area contributed by atoms with Gasteiger partial charge in [-0.1, -0.05) is 36.4 Å². The predicted molar refractivity (Wildman–Crippen MR) is 113 cm³/mol. The third-order valence-corrected chi connectivity index (χ3v) is 6.98. The summed E-state index contributed by atoms with van der Waals surface area (Å²) in [5, 5.41) is 0. The van der Waals surface area contributed by atoms with Gasteiger partial charge in [0.25, 0.3) is 0 Å². The number of methoxy groups -OCH3 is 1. The van der Waals surface area contributed by atoms with Crippen molar-refractivity contribution in [3.05, 3.63) is 59.7 Å². The SMILES string of the molecule is COc1ccccc1CN1CCC[C@@]2(C1)CN(S(C)(=O)=O)Cc1ccccc1O2. The zero-order chi connectivity index (χ0) is 20.5. The third kappa shape index (κ3) is 4.42. The van der Waals surface area contributed by atoms with Crippen LogP contribution in [0.15, 0.2) is 48.5 Å². The first kappa shape index (κ1) is 20.2. The summed E-state index contributed by atoms with van der Waals surface area (Å²) in [5.41, 5.74) is 1.48. The van der Waals surface area contributed by atoms with Gasteiger partial charge in [0, 0.05) is 30.8 Å². The van der Waals surface area contributed by atoms with Gasteiger partial charge in [0.1, 0.15) is 17.1 Å². The fraction of sp³-hybridized carbons (Fsp3) is 0.455. The van der Waals surface area contributed by atoms with Crippen molar-refractivity contribution in [1.29, 1.82) is 0 Å². The zero-order valence-electron chi connectivity index (χ0n) is 17.0. The summed E-state index contributed by atoms with van der Waals surface area (Å²) < 4.78 is 38.6. The van der Waals surface area contributed by atoms with Crippen LogP contribution >= 0.6 is 0 Å². The number of sulfonamides is 1. The highest BCUT2D eigenvalue weighted by Crippen LogP contribution is 2.36. The molecule has 1 fully saturated rings. The van der Waals surface area contributed by atoms with Crippen molar-refractivity contribution in [3.8, 4) is 11.5 Å². The summed E-state index contributed by atoms with van der Waals surface area (Å²) in [6.45, 7) is 3.08. The second-order valence-electron chi connectivity index (χ2n) is 8.05. The Kier molecular flexibility index (Phi) is 5.55. The molecule has 0 saturated carbocycles. The number of para-hydroxylation sites is 2. The van der Waals surface area contributed by atoms with Crippen molar-refractivity contribution in [3.63, 3.8) is 0 Å². The quantitative estimate of drug-likeness (QED) is 0.767. The molecule has 1 atom stereocenters. The first-order valence-corrected chi connectivity index (χ1v) is 11.8. The molecule has 0 aromatic heterocycles. The van der Waals surface area contributed by atoms with Crippen molar-refractivity contribution in [1.82, 2.24) is 9.21 Å². The van der Waals surface area contributed by atoms with Crippen molar-refractivity contribution >= 4 is 10.0 Å². The van der Waals surface area contributed by atoms with Gasteiger partial charge in [-0.2, -0.15) is 4.31 Å². The fourth-order valence-corrected chi connectivity index (χ4v) is 5.26. The maximum absolute atomic E-state index is 12.5. The van der Waals surface area contributed by atoms with Gasteiger partial charge in [0.05, 0.1) is 19.9 Å². The Morgan fingerprint density at radius 1 is 1.10 bits per heavy atom. The molecule has 1 saturated heterocycles. The second kappa shape index (κ2) is 7.97. The van der Waals surface area contributed by atoms with Crippen molar-refractivity contribution in [2.45, 2.75) is 31.5 Å². The molecule has 1 spiro atoms. The van der Waals surface area contributed by atoms with Gasteiger partial charge in [-0.25, -0.2) is 8.42 Å². The molecule has 156 valence electrons. The number of nitrogens with zero attached hydrogens (tertiary/aromatic N) is 2. The molecule has 0 N–H and O–H groups in total. The molecule has 6 nitrogen and oxygen atoms in total. The predicted octanol–water partition coefficient (Wildman–Crippen LogP) is 2.88. The molecule has 0 radical (unpaired) electrons. The maximum Gasteiger partial charge on any atom is 0.211 e. The van der Waals surface area contributed by atoms with Gasteiger partial charge in [-0.3, -0.25) is 4.90 Å². The van der Waals surface area contributed by atoms with Gasteiger partial charge in [0.2, 0.25) is 10.0 Å². The van der Waals surface area contributed by atoms with Crippen LogP contribution in [0.25, 0.3) is 0 Å². The molecule has 29 heavy (non-hydrogen) atoms. The molecule has 0 aliphatic carbocycles. The van der Waals surface area contributed by atoms with Crippen molar-refractivity contribution < 1.29 is 17.9 Å². The number of ether oxygens (including phenoxy) is 2. The van der Waals surface area contributed by atoms with Gasteiger partial charge in [-0.15, -0.1) is 0 Å². The summed E-state index contributed by atoms with van der Waals surface area (Å²) in [6, 6.07) is 15.8. The summed E-state index contributed by atoms with van der Waals surface area (Å²) in [6.07, 6.45) is 3.06. The average Bonchev–Trinajstić information content (AvgIpc) is 2.85. The lowest BCUT2D eigenvalue weighted by molar-refractivity contribution is -0.0181. The molecule has 2 aliphatic heterocycles. The molecule has 7 heteroatoms. The minimum atomic E-state index is -3.34. The normalized spacial score (nSPS) is 23.2. The Labute approximate surface area is 173 Å². The van der Waals surface area contributed by atoms with Crippen LogP contribution in [0, 0.1) is 0 Å². The first-order valence-electron chi connectivity index (χ1n) is 9.95. The Morgan fingerprint density at radius 2 is 1.86 bits per heavy atom. The summed E-state index contributed by atoms with van der Waals surface area (Å²) >= 11 is 0. The number of fused-ring (bicyclic) bond motifs is 1. The van der Waals surface area contributed by atoms with E-state index in [4.69, 9.17) is 9.47 Å². The summed E-state index contributed by atoms with van der Waals surface area (Å²) in [5.74, 6) is 1.66. The molecule has 4 rings (SSSR count). The molecule has 2 aromatic rings. The zero-order valence-corrected chi connectivity index (χ0v) is 17.8. The highest BCUT2D eigenvalue weighted by Gasteiger charge is 2.43. The van der Waals surface area contributed by atoms with E-state index in [0.29, 0.717) is 19.6 Å². The van der Waals surface area contributed by atoms with Crippen LogP contribution in [0.4, 0.5) is 0 Å². The van der Waals surface area contributed by atoms with Crippen LogP contribution in [-0.4, -0.2) is 56.2 Å². The smallest absolute Gasteiger partial charge is 0.211 e. The van der Waals surface area contributed by atoms with Crippen LogP contribution in [0.2, 0.25) is 0 Å².